The Morgan fingerprint density at radius 2 is 1.89 bits per heavy atom. The Hall–Kier alpha value is 0.01000. The maximum absolute atomic E-state index is 11.6. The van der Waals surface area contributed by atoms with Gasteiger partial charge in [0.1, 0.15) is 0 Å². The third-order valence-electron chi connectivity index (χ3n) is 0.610. The van der Waals surface area contributed by atoms with Gasteiger partial charge in [0, 0.05) is 6.42 Å². The predicted octanol–water partition coefficient (Wildman–Crippen LogP) is 2.84. The van der Waals surface area contributed by atoms with Gasteiger partial charge in [0.25, 0.3) is 0 Å². The fourth-order valence-electron chi connectivity index (χ4n) is 0.174. The number of hydrogen-bond donors (Lipinski definition) is 0. The van der Waals surface area contributed by atoms with E-state index >= 15 is 0 Å². The summed E-state index contributed by atoms with van der Waals surface area (Å²) in [6.07, 6.45) is -4.03. The fourth-order valence-corrected chi connectivity index (χ4v) is 0.368. The molecule has 9 heavy (non-hydrogen) atoms. The molecule has 0 heterocycles. The van der Waals surface area contributed by atoms with E-state index in [0.29, 0.717) is 5.88 Å². The van der Waals surface area contributed by atoms with Crippen molar-refractivity contribution in [2.45, 2.75) is 12.3 Å². The summed E-state index contributed by atoms with van der Waals surface area (Å²) in [7, 11) is 0. The minimum Gasteiger partial charge on any atom is -0.200 e. The van der Waals surface area contributed by atoms with Crippen LogP contribution >= 0.6 is 11.6 Å². The van der Waals surface area contributed by atoms with Gasteiger partial charge in [-0.3, -0.25) is 0 Å². The van der Waals surface area contributed by atoms with Gasteiger partial charge in [-0.25, -0.2) is 0 Å². The molecule has 0 bridgehead atoms. The highest BCUT2D eigenvalue weighted by atomic mass is 35.5. The Kier molecular flexibility index (Phi) is 3.25. The van der Waals surface area contributed by atoms with Crippen LogP contribution in [0.2, 0.25) is 0 Å². The van der Waals surface area contributed by atoms with Gasteiger partial charge >= 0.3 is 12.3 Å². The van der Waals surface area contributed by atoms with E-state index in [4.69, 9.17) is 0 Å². The van der Waals surface area contributed by atoms with E-state index in [-0.39, 0.29) is 0 Å². The fraction of sp³-hybridized carbons (Fsp3) is 0.500. The first kappa shape index (κ1) is 9.01. The molecule has 0 saturated carbocycles. The first-order valence-corrected chi connectivity index (χ1v) is 2.42. The lowest BCUT2D eigenvalue weighted by Crippen LogP contribution is -2.19. The van der Waals surface area contributed by atoms with E-state index in [1.165, 1.54) is 0 Å². The summed E-state index contributed by atoms with van der Waals surface area (Å²) in [5.41, 5.74) is 0. The Labute approximate surface area is 54.8 Å². The van der Waals surface area contributed by atoms with Crippen LogP contribution in [0.3, 0.4) is 0 Å². The third kappa shape index (κ3) is 2.89. The molecule has 0 aromatic rings. The highest BCUT2D eigenvalue weighted by molar-refractivity contribution is 6.23. The van der Waals surface area contributed by atoms with E-state index in [9.17, 15) is 17.6 Å². The molecular formula is C4H3ClF4. The van der Waals surface area contributed by atoms with E-state index in [2.05, 4.69) is 11.6 Å². The summed E-state index contributed by atoms with van der Waals surface area (Å²) in [5.74, 6) is -3.58. The number of rotatable bonds is 3. The molecule has 0 nitrogen and oxygen atoms in total. The van der Waals surface area contributed by atoms with Crippen molar-refractivity contribution in [1.82, 2.24) is 0 Å². The van der Waals surface area contributed by atoms with Crippen LogP contribution in [-0.4, -0.2) is 5.92 Å². The number of alkyl halides is 2. The van der Waals surface area contributed by atoms with Crippen molar-refractivity contribution >= 4 is 11.6 Å². The van der Waals surface area contributed by atoms with Crippen LogP contribution in [-0.2, 0) is 0 Å². The molecule has 2 radical (unpaired) electrons. The molecule has 0 fully saturated rings. The topological polar surface area (TPSA) is 0 Å². The zero-order valence-electron chi connectivity index (χ0n) is 4.17. The first-order chi connectivity index (χ1) is 4.00. The molecule has 0 aliphatic rings. The van der Waals surface area contributed by atoms with Gasteiger partial charge in [0.15, 0.2) is 0 Å². The van der Waals surface area contributed by atoms with Crippen LogP contribution in [0.25, 0.3) is 0 Å². The Morgan fingerprint density at radius 3 is 2.00 bits per heavy atom. The Morgan fingerprint density at radius 1 is 1.44 bits per heavy atom. The largest absolute Gasteiger partial charge is 0.378 e. The molecule has 0 aromatic carbocycles. The Bertz CT molecular complexity index is 82.6. The lowest BCUT2D eigenvalue weighted by Gasteiger charge is -2.09. The lowest BCUT2D eigenvalue weighted by atomic mass is 10.3. The van der Waals surface area contributed by atoms with Gasteiger partial charge < -0.3 is 0 Å². The minimum absolute atomic E-state index is 0.471. The molecule has 0 spiro atoms. The van der Waals surface area contributed by atoms with Crippen molar-refractivity contribution in [2.24, 2.45) is 0 Å². The zero-order chi connectivity index (χ0) is 7.49. The maximum Gasteiger partial charge on any atom is 0.378 e. The second-order valence-corrected chi connectivity index (χ2v) is 1.63. The van der Waals surface area contributed by atoms with Gasteiger partial charge in [-0.05, 0) is 0 Å². The average molecular weight is 163 g/mol. The van der Waals surface area contributed by atoms with Crippen LogP contribution in [0.15, 0.2) is 0 Å². The summed E-state index contributed by atoms with van der Waals surface area (Å²) in [6.45, 7) is 0. The zero-order valence-corrected chi connectivity index (χ0v) is 4.93. The summed E-state index contributed by atoms with van der Waals surface area (Å²) in [4.78, 5) is 0. The van der Waals surface area contributed by atoms with Crippen LogP contribution in [0.4, 0.5) is 17.6 Å². The van der Waals surface area contributed by atoms with Crippen LogP contribution in [0.5, 0.6) is 0 Å². The standard InChI is InChI=1S/C4H3ClF4/c5-2-1-4(8,9)3(6)7/h2H,1H2. The van der Waals surface area contributed by atoms with E-state index in [1.54, 1.807) is 0 Å². The van der Waals surface area contributed by atoms with E-state index in [1.807, 2.05) is 0 Å². The molecule has 5 heteroatoms. The monoisotopic (exact) mass is 162 g/mol. The van der Waals surface area contributed by atoms with E-state index in [0.717, 1.165) is 0 Å². The van der Waals surface area contributed by atoms with Crippen molar-refractivity contribution in [2.75, 3.05) is 0 Å². The summed E-state index contributed by atoms with van der Waals surface area (Å²) in [6, 6.07) is 0. The molecule has 0 aromatic heterocycles. The van der Waals surface area contributed by atoms with Crippen molar-refractivity contribution in [3.05, 3.63) is 12.3 Å². The first-order valence-electron chi connectivity index (χ1n) is 1.99. The Balaban J connectivity index is 3.70. The third-order valence-corrected chi connectivity index (χ3v) is 0.764. The minimum atomic E-state index is -4.05. The SMILES string of the molecule is F[C](F)C(F)(F)C[CH]Cl. The van der Waals surface area contributed by atoms with E-state index < -0.39 is 18.8 Å². The smallest absolute Gasteiger partial charge is 0.200 e. The molecule has 0 aliphatic heterocycles. The molecule has 54 valence electrons. The van der Waals surface area contributed by atoms with Crippen LogP contribution in [0, 0.1) is 12.3 Å². The van der Waals surface area contributed by atoms with Gasteiger partial charge in [-0.1, -0.05) is 0 Å². The van der Waals surface area contributed by atoms with Gasteiger partial charge in [-0.15, -0.1) is 11.6 Å². The number of halogens is 5. The van der Waals surface area contributed by atoms with Crippen molar-refractivity contribution in [3.8, 4) is 0 Å². The maximum atomic E-state index is 11.6. The second-order valence-electron chi connectivity index (χ2n) is 1.32. The average Bonchev–Trinajstić information content (AvgIpc) is 1.65. The van der Waals surface area contributed by atoms with Gasteiger partial charge in [0.2, 0.25) is 0 Å². The number of hydrogen-bond acceptors (Lipinski definition) is 0. The molecular weight excluding hydrogens is 159 g/mol. The normalized spacial score (nSPS) is 12.7. The van der Waals surface area contributed by atoms with Gasteiger partial charge in [0.05, 0.1) is 5.88 Å². The highest BCUT2D eigenvalue weighted by Crippen LogP contribution is 2.33. The van der Waals surface area contributed by atoms with Crippen molar-refractivity contribution < 1.29 is 17.6 Å². The molecule has 0 saturated heterocycles. The predicted molar refractivity (Wildman–Crippen MR) is 25.2 cm³/mol. The highest BCUT2D eigenvalue weighted by Gasteiger charge is 2.41. The molecule has 0 N–H and O–H groups in total. The lowest BCUT2D eigenvalue weighted by molar-refractivity contribution is -0.0578. The quantitative estimate of drug-likeness (QED) is 0.560. The molecule has 0 aliphatic carbocycles. The molecule has 0 rings (SSSR count). The summed E-state index contributed by atoms with van der Waals surface area (Å²) < 4.78 is 45.5. The van der Waals surface area contributed by atoms with Crippen LogP contribution < -0.4 is 0 Å². The second kappa shape index (κ2) is 3.25. The van der Waals surface area contributed by atoms with Crippen LogP contribution in [0.1, 0.15) is 6.42 Å². The molecule has 0 unspecified atom stereocenters. The van der Waals surface area contributed by atoms with Gasteiger partial charge in [-0.2, -0.15) is 17.6 Å². The molecule has 0 amide bonds. The molecule has 0 atom stereocenters. The van der Waals surface area contributed by atoms with Crippen molar-refractivity contribution in [3.63, 3.8) is 0 Å². The summed E-state index contributed by atoms with van der Waals surface area (Å²) >= 11 is 4.68. The van der Waals surface area contributed by atoms with Crippen molar-refractivity contribution in [1.29, 1.82) is 0 Å². The summed E-state index contributed by atoms with van der Waals surface area (Å²) in [5, 5.41) is 0.